The average Bonchev–Trinajstić information content (AvgIpc) is 2.27. The molecule has 0 aromatic heterocycles. The van der Waals surface area contributed by atoms with Crippen molar-refractivity contribution in [3.05, 3.63) is 35.4 Å². The van der Waals surface area contributed by atoms with Gasteiger partial charge in [0.25, 0.3) is 0 Å². The Morgan fingerprint density at radius 1 is 1.06 bits per heavy atom. The molecule has 0 saturated carbocycles. The van der Waals surface area contributed by atoms with Crippen molar-refractivity contribution in [1.82, 2.24) is 0 Å². The summed E-state index contributed by atoms with van der Waals surface area (Å²) in [7, 11) is 0. The first-order valence-electron chi connectivity index (χ1n) is 6.31. The van der Waals surface area contributed by atoms with Gasteiger partial charge >= 0.3 is 0 Å². The summed E-state index contributed by atoms with van der Waals surface area (Å²) in [5, 5.41) is 20.1. The Kier molecular flexibility index (Phi) is 4.72. The van der Waals surface area contributed by atoms with Gasteiger partial charge in [0.15, 0.2) is 0 Å². The molecule has 0 bridgehead atoms. The summed E-state index contributed by atoms with van der Waals surface area (Å²) in [6.07, 6.45) is 0.607. The van der Waals surface area contributed by atoms with Gasteiger partial charge in [-0.05, 0) is 23.0 Å². The molecule has 1 rings (SSSR count). The van der Waals surface area contributed by atoms with E-state index in [1.807, 2.05) is 45.0 Å². The van der Waals surface area contributed by atoms with Crippen LogP contribution in [0.4, 0.5) is 0 Å². The Morgan fingerprint density at radius 3 is 2.00 bits per heavy atom. The number of benzene rings is 1. The van der Waals surface area contributed by atoms with E-state index >= 15 is 0 Å². The zero-order valence-electron chi connectivity index (χ0n) is 11.3. The first-order valence-corrected chi connectivity index (χ1v) is 6.31. The van der Waals surface area contributed by atoms with Crippen molar-refractivity contribution in [2.75, 3.05) is 0 Å². The van der Waals surface area contributed by atoms with Crippen LogP contribution in [0, 0.1) is 5.41 Å². The van der Waals surface area contributed by atoms with E-state index in [0.717, 1.165) is 18.4 Å². The molecule has 0 aliphatic heterocycles. The van der Waals surface area contributed by atoms with Crippen LogP contribution in [0.1, 0.15) is 51.3 Å². The van der Waals surface area contributed by atoms with Crippen LogP contribution >= 0.6 is 0 Å². The summed E-state index contributed by atoms with van der Waals surface area (Å²) in [5.41, 5.74) is 1.74. The van der Waals surface area contributed by atoms with Crippen molar-refractivity contribution in [3.63, 3.8) is 0 Å². The van der Waals surface area contributed by atoms with Crippen LogP contribution in [-0.2, 0) is 6.42 Å². The van der Waals surface area contributed by atoms with E-state index in [2.05, 4.69) is 6.92 Å². The van der Waals surface area contributed by atoms with Crippen molar-refractivity contribution in [2.24, 2.45) is 5.41 Å². The Balaban J connectivity index is 2.79. The Hall–Kier alpha value is -0.860. The molecular formula is C15H24O2. The molecule has 2 heteroatoms. The molecular weight excluding hydrogens is 212 g/mol. The average molecular weight is 236 g/mol. The largest absolute Gasteiger partial charge is 0.390 e. The topological polar surface area (TPSA) is 40.5 Å². The maximum atomic E-state index is 10.1. The van der Waals surface area contributed by atoms with E-state index in [-0.39, 0.29) is 5.41 Å². The molecule has 0 amide bonds. The van der Waals surface area contributed by atoms with Gasteiger partial charge in [0, 0.05) is 0 Å². The molecule has 0 saturated heterocycles. The summed E-state index contributed by atoms with van der Waals surface area (Å²) in [4.78, 5) is 0. The minimum atomic E-state index is -0.814. The van der Waals surface area contributed by atoms with E-state index in [1.54, 1.807) is 0 Å². The molecule has 1 aromatic carbocycles. The van der Waals surface area contributed by atoms with Gasteiger partial charge in [-0.1, -0.05) is 58.4 Å². The van der Waals surface area contributed by atoms with Gasteiger partial charge in [-0.25, -0.2) is 0 Å². The molecule has 96 valence electrons. The molecule has 2 unspecified atom stereocenters. The molecule has 2 nitrogen and oxygen atoms in total. The van der Waals surface area contributed by atoms with Gasteiger partial charge in [-0.2, -0.15) is 0 Å². The summed E-state index contributed by atoms with van der Waals surface area (Å²) < 4.78 is 0. The minimum Gasteiger partial charge on any atom is -0.390 e. The van der Waals surface area contributed by atoms with Crippen LogP contribution in [0.25, 0.3) is 0 Å². The lowest BCUT2D eigenvalue weighted by Gasteiger charge is -2.30. The lowest BCUT2D eigenvalue weighted by Crippen LogP contribution is -2.32. The van der Waals surface area contributed by atoms with Crippen molar-refractivity contribution in [2.45, 2.75) is 52.7 Å². The summed E-state index contributed by atoms with van der Waals surface area (Å²) in [6.45, 7) is 7.91. The van der Waals surface area contributed by atoms with Crippen LogP contribution in [-0.4, -0.2) is 16.3 Å². The van der Waals surface area contributed by atoms with Gasteiger partial charge in [0.1, 0.15) is 6.10 Å². The molecule has 2 atom stereocenters. The summed E-state index contributed by atoms with van der Waals surface area (Å²) in [5.74, 6) is 0. The fourth-order valence-corrected chi connectivity index (χ4v) is 1.83. The monoisotopic (exact) mass is 236 g/mol. The lowest BCUT2D eigenvalue weighted by atomic mass is 9.83. The van der Waals surface area contributed by atoms with E-state index < -0.39 is 12.2 Å². The molecule has 0 spiro atoms. The lowest BCUT2D eigenvalue weighted by molar-refractivity contribution is -0.0458. The maximum Gasteiger partial charge on any atom is 0.105 e. The quantitative estimate of drug-likeness (QED) is 0.843. The highest BCUT2D eigenvalue weighted by Gasteiger charge is 2.29. The molecule has 0 aliphatic carbocycles. The van der Waals surface area contributed by atoms with Crippen molar-refractivity contribution >= 4 is 0 Å². The third-order valence-corrected chi connectivity index (χ3v) is 3.05. The standard InChI is InChI=1S/C15H24O2/c1-5-6-11-7-9-12(10-8-11)13(16)14(17)15(2,3)4/h7-10,13-14,16-17H,5-6H2,1-4H3. The molecule has 17 heavy (non-hydrogen) atoms. The normalized spacial score (nSPS) is 15.6. The number of aryl methyl sites for hydroxylation is 1. The number of hydrogen-bond donors (Lipinski definition) is 2. The number of aliphatic hydroxyl groups is 2. The molecule has 0 heterocycles. The Labute approximate surface area is 104 Å². The molecule has 0 radical (unpaired) electrons. The summed E-state index contributed by atoms with van der Waals surface area (Å²) >= 11 is 0. The highest BCUT2D eigenvalue weighted by Crippen LogP contribution is 2.30. The minimum absolute atomic E-state index is 0.318. The third kappa shape index (κ3) is 3.83. The number of rotatable bonds is 4. The van der Waals surface area contributed by atoms with E-state index in [9.17, 15) is 10.2 Å². The highest BCUT2D eigenvalue weighted by atomic mass is 16.3. The van der Waals surface area contributed by atoms with Gasteiger partial charge in [0.2, 0.25) is 0 Å². The second kappa shape index (κ2) is 5.65. The molecule has 1 aromatic rings. The van der Waals surface area contributed by atoms with Crippen LogP contribution in [0.2, 0.25) is 0 Å². The van der Waals surface area contributed by atoms with Crippen LogP contribution in [0.15, 0.2) is 24.3 Å². The second-order valence-corrected chi connectivity index (χ2v) is 5.75. The molecule has 2 N–H and O–H groups in total. The number of hydrogen-bond acceptors (Lipinski definition) is 2. The predicted octanol–water partition coefficient (Wildman–Crippen LogP) is 3.08. The Morgan fingerprint density at radius 2 is 1.59 bits per heavy atom. The van der Waals surface area contributed by atoms with Crippen LogP contribution in [0.3, 0.4) is 0 Å². The zero-order valence-corrected chi connectivity index (χ0v) is 11.3. The van der Waals surface area contributed by atoms with Gasteiger partial charge < -0.3 is 10.2 Å². The first kappa shape index (κ1) is 14.2. The smallest absolute Gasteiger partial charge is 0.105 e. The predicted molar refractivity (Wildman–Crippen MR) is 70.9 cm³/mol. The summed E-state index contributed by atoms with van der Waals surface area (Å²) in [6, 6.07) is 7.87. The van der Waals surface area contributed by atoms with Gasteiger partial charge in [0.05, 0.1) is 6.10 Å². The second-order valence-electron chi connectivity index (χ2n) is 5.75. The van der Waals surface area contributed by atoms with Crippen LogP contribution in [0.5, 0.6) is 0 Å². The van der Waals surface area contributed by atoms with Crippen molar-refractivity contribution in [1.29, 1.82) is 0 Å². The van der Waals surface area contributed by atoms with Crippen LogP contribution < -0.4 is 0 Å². The fourth-order valence-electron chi connectivity index (χ4n) is 1.83. The zero-order chi connectivity index (χ0) is 13.1. The van der Waals surface area contributed by atoms with E-state index in [1.165, 1.54) is 5.56 Å². The highest BCUT2D eigenvalue weighted by molar-refractivity contribution is 5.25. The third-order valence-electron chi connectivity index (χ3n) is 3.05. The SMILES string of the molecule is CCCc1ccc(C(O)C(O)C(C)(C)C)cc1. The molecule has 0 fully saturated rings. The Bertz CT molecular complexity index is 335. The van der Waals surface area contributed by atoms with E-state index in [4.69, 9.17) is 0 Å². The van der Waals surface area contributed by atoms with Crippen molar-refractivity contribution < 1.29 is 10.2 Å². The number of aliphatic hydroxyl groups excluding tert-OH is 2. The van der Waals surface area contributed by atoms with Gasteiger partial charge in [-0.15, -0.1) is 0 Å². The first-order chi connectivity index (χ1) is 7.86. The molecule has 0 aliphatic rings. The van der Waals surface area contributed by atoms with E-state index in [0.29, 0.717) is 0 Å². The fraction of sp³-hybridized carbons (Fsp3) is 0.600. The maximum absolute atomic E-state index is 10.1. The van der Waals surface area contributed by atoms with Crippen molar-refractivity contribution in [3.8, 4) is 0 Å². The van der Waals surface area contributed by atoms with Gasteiger partial charge in [-0.3, -0.25) is 0 Å².